The van der Waals surface area contributed by atoms with Crippen LogP contribution in [0.3, 0.4) is 0 Å². The zero-order valence-electron chi connectivity index (χ0n) is 25.7. The number of fused-ring (bicyclic) bond motifs is 2. The number of likely N-dealkylation sites (tertiary alicyclic amines) is 1. The number of halogens is 1. The number of carboxylic acid groups (broad SMARTS) is 1. The molecule has 2 aliphatic rings. The molecular formula is C34H34ClN5O5S. The Morgan fingerprint density at radius 1 is 1.15 bits per heavy atom. The molecule has 1 aromatic carbocycles. The van der Waals surface area contributed by atoms with E-state index in [9.17, 15) is 14.7 Å². The Balaban J connectivity index is 1.08. The molecule has 0 radical (unpaired) electrons. The molecule has 0 saturated carbocycles. The Morgan fingerprint density at radius 3 is 2.74 bits per heavy atom. The lowest BCUT2D eigenvalue weighted by Gasteiger charge is -2.38. The Labute approximate surface area is 274 Å². The van der Waals surface area contributed by atoms with Gasteiger partial charge in [-0.25, -0.2) is 14.8 Å². The van der Waals surface area contributed by atoms with E-state index < -0.39 is 5.97 Å². The zero-order chi connectivity index (χ0) is 31.9. The van der Waals surface area contributed by atoms with E-state index in [2.05, 4.69) is 14.9 Å². The summed E-state index contributed by atoms with van der Waals surface area (Å²) in [6.45, 7) is 6.22. The van der Waals surface area contributed by atoms with Crippen molar-refractivity contribution in [2.45, 2.75) is 64.5 Å². The second-order valence-corrected chi connectivity index (χ2v) is 13.4. The highest BCUT2D eigenvalue weighted by molar-refractivity contribution is 7.18. The maximum Gasteiger partial charge on any atom is 0.338 e. The maximum atomic E-state index is 13.8. The van der Waals surface area contributed by atoms with E-state index in [0.717, 1.165) is 71.7 Å². The Hall–Kier alpha value is -4.06. The normalized spacial score (nSPS) is 17.3. The number of nitrogens with zero attached hydrogens (tertiary/aromatic N) is 5. The molecule has 10 nitrogen and oxygen atoms in total. The van der Waals surface area contributed by atoms with Gasteiger partial charge in [0.2, 0.25) is 0 Å². The van der Waals surface area contributed by atoms with Crippen LogP contribution in [0.1, 0.15) is 64.2 Å². The zero-order valence-corrected chi connectivity index (χ0v) is 27.2. The molecule has 5 aromatic rings. The number of hydrogen-bond donors (Lipinski definition) is 1. The average molecular weight is 660 g/mol. The minimum absolute atomic E-state index is 0.00746. The number of pyridine rings is 1. The van der Waals surface area contributed by atoms with Crippen LogP contribution in [0.25, 0.3) is 21.3 Å². The second kappa shape index (κ2) is 12.6. The molecule has 0 bridgehead atoms. The van der Waals surface area contributed by atoms with Crippen molar-refractivity contribution in [1.29, 1.82) is 0 Å². The van der Waals surface area contributed by atoms with Gasteiger partial charge in [-0.15, -0.1) is 11.3 Å². The van der Waals surface area contributed by atoms with E-state index in [-0.39, 0.29) is 17.7 Å². The summed E-state index contributed by atoms with van der Waals surface area (Å²) >= 11 is 7.75. The van der Waals surface area contributed by atoms with E-state index in [1.807, 2.05) is 26.0 Å². The van der Waals surface area contributed by atoms with Gasteiger partial charge in [-0.1, -0.05) is 11.6 Å². The molecule has 12 heteroatoms. The van der Waals surface area contributed by atoms with E-state index in [1.54, 1.807) is 34.5 Å². The van der Waals surface area contributed by atoms with Crippen LogP contribution in [0.2, 0.25) is 5.02 Å². The van der Waals surface area contributed by atoms with Crippen molar-refractivity contribution >= 4 is 39.1 Å². The number of aromatic carboxylic acids is 1. The molecule has 1 aliphatic heterocycles. The summed E-state index contributed by atoms with van der Waals surface area (Å²) in [5, 5.41) is 11.8. The van der Waals surface area contributed by atoms with Gasteiger partial charge in [0.25, 0.3) is 5.56 Å². The molecule has 1 saturated heterocycles. The lowest BCUT2D eigenvalue weighted by Crippen LogP contribution is -2.46. The van der Waals surface area contributed by atoms with E-state index >= 15 is 0 Å². The first-order valence-corrected chi connectivity index (χ1v) is 16.8. The number of oxazole rings is 1. The van der Waals surface area contributed by atoms with Gasteiger partial charge in [-0.2, -0.15) is 0 Å². The fourth-order valence-corrected chi connectivity index (χ4v) is 8.09. The molecule has 0 unspecified atom stereocenters. The number of benzene rings is 1. The standard InChI is InChI=1S/C34H34ClN5O5S/c1-19-15-25(31-30(37-19)27(18-46-31)34(42)43)24-16-22(35)3-6-29(24)44-14-12-40-20(2)38-28-5-4-23(17-26(28)33(40)41)39-10-7-21(8-11-39)32-36-9-13-45-32/h3,6,9,13,15-16,18,21,23H,4-5,7-8,10-12,14,17H2,1-2H3,(H,42,43)/t23-/m0/s1. The number of carboxylic acids is 1. The molecule has 0 amide bonds. The van der Waals surface area contributed by atoms with Crippen molar-refractivity contribution in [1.82, 2.24) is 24.4 Å². The number of aromatic nitrogens is 4. The largest absolute Gasteiger partial charge is 0.491 e. The monoisotopic (exact) mass is 659 g/mol. The first-order chi connectivity index (χ1) is 22.3. The number of ether oxygens (including phenoxy) is 1. The Kier molecular flexibility index (Phi) is 8.39. The minimum atomic E-state index is -1.02. The number of carbonyl (C=O) groups is 1. The lowest BCUT2D eigenvalue weighted by atomic mass is 9.88. The highest BCUT2D eigenvalue weighted by Gasteiger charge is 2.32. The molecule has 5 heterocycles. The third-order valence-electron chi connectivity index (χ3n) is 9.23. The summed E-state index contributed by atoms with van der Waals surface area (Å²) in [5.74, 6) is 1.43. The van der Waals surface area contributed by atoms with Gasteiger partial charge in [0, 0.05) is 44.7 Å². The first kappa shape index (κ1) is 30.6. The smallest absolute Gasteiger partial charge is 0.338 e. The predicted octanol–water partition coefficient (Wildman–Crippen LogP) is 6.29. The molecule has 238 valence electrons. The molecular weight excluding hydrogens is 626 g/mol. The lowest BCUT2D eigenvalue weighted by molar-refractivity contribution is 0.0699. The van der Waals surface area contributed by atoms with Crippen LogP contribution in [0.5, 0.6) is 5.75 Å². The molecule has 1 aliphatic carbocycles. The van der Waals surface area contributed by atoms with Gasteiger partial charge in [0.05, 0.1) is 34.2 Å². The summed E-state index contributed by atoms with van der Waals surface area (Å²) in [7, 11) is 0. The highest BCUT2D eigenvalue weighted by atomic mass is 35.5. The summed E-state index contributed by atoms with van der Waals surface area (Å²) in [5.41, 5.74) is 4.58. The topological polar surface area (TPSA) is 124 Å². The van der Waals surface area contributed by atoms with E-state index in [0.29, 0.717) is 52.7 Å². The SMILES string of the molecule is Cc1cc(-c2cc(Cl)ccc2OCCn2c(C)nc3c(c2=O)C[C@@H](N2CCC(c4ncco4)CC2)CC3)c2scc(C(=O)O)c2n1. The Morgan fingerprint density at radius 2 is 1.98 bits per heavy atom. The summed E-state index contributed by atoms with van der Waals surface area (Å²) < 4.78 is 14.3. The predicted molar refractivity (Wildman–Crippen MR) is 176 cm³/mol. The van der Waals surface area contributed by atoms with Crippen LogP contribution in [-0.2, 0) is 19.4 Å². The van der Waals surface area contributed by atoms with Gasteiger partial charge in [0.15, 0.2) is 5.89 Å². The van der Waals surface area contributed by atoms with Gasteiger partial charge >= 0.3 is 5.97 Å². The highest BCUT2D eigenvalue weighted by Crippen LogP contribution is 2.40. The quantitative estimate of drug-likeness (QED) is 0.205. The van der Waals surface area contributed by atoms with Gasteiger partial charge in [0.1, 0.15) is 24.4 Å². The van der Waals surface area contributed by atoms with E-state index in [1.165, 1.54) is 11.3 Å². The maximum absolute atomic E-state index is 13.8. The third kappa shape index (κ3) is 5.83. The van der Waals surface area contributed by atoms with Crippen molar-refractivity contribution in [3.63, 3.8) is 0 Å². The van der Waals surface area contributed by atoms with E-state index in [4.69, 9.17) is 25.7 Å². The minimum Gasteiger partial charge on any atom is -0.491 e. The Bertz CT molecular complexity index is 1980. The van der Waals surface area contributed by atoms with Crippen molar-refractivity contribution in [3.8, 4) is 16.9 Å². The van der Waals surface area contributed by atoms with Crippen molar-refractivity contribution in [2.75, 3.05) is 19.7 Å². The van der Waals surface area contributed by atoms with Crippen LogP contribution in [0, 0.1) is 13.8 Å². The number of thiophene rings is 1. The van der Waals surface area contributed by atoms with Crippen LogP contribution in [0.4, 0.5) is 0 Å². The van der Waals surface area contributed by atoms with Gasteiger partial charge in [-0.05, 0) is 83.3 Å². The molecule has 1 atom stereocenters. The molecule has 4 aromatic heterocycles. The first-order valence-electron chi connectivity index (χ1n) is 15.5. The van der Waals surface area contributed by atoms with Crippen molar-refractivity contribution in [2.24, 2.45) is 0 Å². The fraction of sp³-hybridized carbons (Fsp3) is 0.382. The summed E-state index contributed by atoms with van der Waals surface area (Å²) in [4.78, 5) is 41.9. The molecule has 1 N–H and O–H groups in total. The molecule has 46 heavy (non-hydrogen) atoms. The van der Waals surface area contributed by atoms with Crippen LogP contribution < -0.4 is 10.3 Å². The molecule has 7 rings (SSSR count). The second-order valence-electron chi connectivity index (χ2n) is 12.1. The van der Waals surface area contributed by atoms with Gasteiger partial charge in [-0.3, -0.25) is 19.2 Å². The third-order valence-corrected chi connectivity index (χ3v) is 10.5. The van der Waals surface area contributed by atoms with Crippen LogP contribution in [0.15, 0.2) is 51.3 Å². The average Bonchev–Trinajstić information content (AvgIpc) is 3.74. The van der Waals surface area contributed by atoms with Gasteiger partial charge < -0.3 is 14.3 Å². The fourth-order valence-electron chi connectivity index (χ4n) is 6.91. The number of rotatable bonds is 8. The van der Waals surface area contributed by atoms with Crippen LogP contribution >= 0.6 is 22.9 Å². The van der Waals surface area contributed by atoms with Crippen molar-refractivity contribution in [3.05, 3.63) is 91.7 Å². The van der Waals surface area contributed by atoms with Crippen LogP contribution in [-0.4, -0.2) is 61.2 Å². The number of aryl methyl sites for hydroxylation is 3. The number of hydrogen-bond acceptors (Lipinski definition) is 9. The van der Waals surface area contributed by atoms with Crippen molar-refractivity contribution < 1.29 is 19.1 Å². The summed E-state index contributed by atoms with van der Waals surface area (Å²) in [6, 6.07) is 7.61. The molecule has 1 fully saturated rings. The summed E-state index contributed by atoms with van der Waals surface area (Å²) in [6.07, 6.45) is 7.85. The number of piperidine rings is 1. The molecule has 0 spiro atoms.